The fraction of sp³-hybridized carbons (Fsp3) is 0.567. The van der Waals surface area contributed by atoms with Gasteiger partial charge in [-0.25, -0.2) is 8.42 Å². The second-order valence-corrected chi connectivity index (χ2v) is 13.3. The zero-order valence-electron chi connectivity index (χ0n) is 23.2. The molecule has 4 rings (SSSR count). The number of hydrogen-bond donors (Lipinski definition) is 4. The summed E-state index contributed by atoms with van der Waals surface area (Å²) in [5, 5.41) is 21.1. The molecule has 0 unspecified atom stereocenters. The monoisotopic (exact) mass is 556 g/mol. The lowest BCUT2D eigenvalue weighted by atomic mass is 9.95. The minimum absolute atomic E-state index is 0.104. The molecule has 1 aliphatic carbocycles. The summed E-state index contributed by atoms with van der Waals surface area (Å²) < 4.78 is 27.1. The molecule has 1 heterocycles. The molecule has 0 spiro atoms. The molecule has 2 atom stereocenters. The van der Waals surface area contributed by atoms with Crippen molar-refractivity contribution in [3.05, 3.63) is 59.7 Å². The molecule has 1 saturated carbocycles. The molecule has 0 bridgehead atoms. The van der Waals surface area contributed by atoms with Crippen molar-refractivity contribution in [2.75, 3.05) is 28.5 Å². The Hall–Kier alpha value is -2.62. The molecule has 1 saturated heterocycles. The smallest absolute Gasteiger partial charge is 0.251 e. The van der Waals surface area contributed by atoms with Gasteiger partial charge in [0.25, 0.3) is 5.91 Å². The molecule has 2 aromatic rings. The fourth-order valence-electron chi connectivity index (χ4n) is 5.52. The maximum atomic E-state index is 13.7. The Balaban J connectivity index is 1.56. The number of nitrogens with one attached hydrogen (secondary N) is 3. The van der Waals surface area contributed by atoms with Crippen LogP contribution < -0.4 is 20.3 Å². The number of benzene rings is 2. The lowest BCUT2D eigenvalue weighted by Crippen LogP contribution is -2.50. The van der Waals surface area contributed by atoms with Crippen LogP contribution in [0.15, 0.2) is 48.5 Å². The van der Waals surface area contributed by atoms with E-state index in [4.69, 9.17) is 0 Å². The molecule has 1 amide bonds. The van der Waals surface area contributed by atoms with E-state index in [2.05, 4.69) is 16.0 Å². The van der Waals surface area contributed by atoms with Gasteiger partial charge in [0.05, 0.1) is 23.6 Å². The van der Waals surface area contributed by atoms with Crippen molar-refractivity contribution < 1.29 is 18.3 Å². The van der Waals surface area contributed by atoms with Gasteiger partial charge in [-0.1, -0.05) is 49.6 Å². The summed E-state index contributed by atoms with van der Waals surface area (Å²) >= 11 is 0. The number of amides is 1. The van der Waals surface area contributed by atoms with Crippen molar-refractivity contribution in [2.45, 2.75) is 89.4 Å². The fourth-order valence-corrected chi connectivity index (χ4v) is 7.14. The molecule has 4 N–H and O–H groups in total. The Bertz CT molecular complexity index is 1180. The highest BCUT2D eigenvalue weighted by Gasteiger charge is 2.28. The molecule has 39 heavy (non-hydrogen) atoms. The molecule has 214 valence electrons. The van der Waals surface area contributed by atoms with Crippen LogP contribution in [0.25, 0.3) is 0 Å². The minimum atomic E-state index is -3.43. The summed E-state index contributed by atoms with van der Waals surface area (Å²) in [4.78, 5) is 13.7. The summed E-state index contributed by atoms with van der Waals surface area (Å²) in [7, 11) is -3.43. The van der Waals surface area contributed by atoms with Gasteiger partial charge in [-0.05, 0) is 69.7 Å². The predicted octanol–water partition coefficient (Wildman–Crippen LogP) is 4.06. The molecule has 0 radical (unpaired) electrons. The summed E-state index contributed by atoms with van der Waals surface area (Å²) in [6.45, 7) is 4.79. The number of aliphatic hydroxyl groups excluding tert-OH is 1. The second-order valence-electron chi connectivity index (χ2n) is 11.2. The Labute approximate surface area is 233 Å². The largest absolute Gasteiger partial charge is 0.390 e. The van der Waals surface area contributed by atoms with Gasteiger partial charge < -0.3 is 21.1 Å². The minimum Gasteiger partial charge on any atom is -0.390 e. The van der Waals surface area contributed by atoms with Crippen LogP contribution in [0.5, 0.6) is 0 Å². The van der Waals surface area contributed by atoms with E-state index in [1.165, 1.54) is 23.6 Å². The van der Waals surface area contributed by atoms with Crippen LogP contribution in [0.1, 0.15) is 74.7 Å². The van der Waals surface area contributed by atoms with Gasteiger partial charge in [-0.3, -0.25) is 9.10 Å². The Morgan fingerprint density at radius 2 is 1.77 bits per heavy atom. The molecule has 0 aromatic heterocycles. The van der Waals surface area contributed by atoms with Gasteiger partial charge >= 0.3 is 0 Å². The highest BCUT2D eigenvalue weighted by atomic mass is 32.2. The van der Waals surface area contributed by atoms with Crippen LogP contribution in [-0.4, -0.2) is 62.5 Å². The average molecular weight is 557 g/mol. The van der Waals surface area contributed by atoms with E-state index in [-0.39, 0.29) is 17.7 Å². The number of hydrogen-bond acceptors (Lipinski definition) is 6. The van der Waals surface area contributed by atoms with Crippen LogP contribution >= 0.6 is 0 Å². The first kappa shape index (κ1) is 29.4. The Kier molecular flexibility index (Phi) is 10.3. The van der Waals surface area contributed by atoms with E-state index in [0.717, 1.165) is 24.8 Å². The van der Waals surface area contributed by atoms with E-state index < -0.39 is 22.2 Å². The molecular formula is C30H44N4O4S. The van der Waals surface area contributed by atoms with Crippen molar-refractivity contribution in [3.8, 4) is 0 Å². The standard InChI is InChI=1S/C30H44N4O4S/c1-22(2)32-26-18-24(19-27(20-26)34-15-9-10-16-39(34,37)38)30(36)33-28(17-23-11-5-3-6-12-23)29(35)21-31-25-13-7-4-8-14-25/h3,5-6,11-12,18-20,22,25,28-29,31-32,35H,4,7-10,13-17,21H2,1-2H3,(H,33,36)/t28-,29+/m0/s1. The zero-order valence-corrected chi connectivity index (χ0v) is 24.1. The van der Waals surface area contributed by atoms with E-state index >= 15 is 0 Å². The van der Waals surface area contributed by atoms with Gasteiger partial charge in [0.15, 0.2) is 0 Å². The molecule has 9 heteroatoms. The van der Waals surface area contributed by atoms with Gasteiger partial charge in [-0.15, -0.1) is 0 Å². The highest BCUT2D eigenvalue weighted by molar-refractivity contribution is 7.92. The first-order valence-corrected chi connectivity index (χ1v) is 16.0. The second kappa shape index (κ2) is 13.6. The van der Waals surface area contributed by atoms with E-state index in [0.29, 0.717) is 48.9 Å². The highest BCUT2D eigenvalue weighted by Crippen LogP contribution is 2.28. The number of rotatable bonds is 11. The number of anilines is 2. The Morgan fingerprint density at radius 3 is 2.46 bits per heavy atom. The number of carbonyl (C=O) groups is 1. The third kappa shape index (κ3) is 8.43. The first-order chi connectivity index (χ1) is 18.7. The molecular weight excluding hydrogens is 512 g/mol. The van der Waals surface area contributed by atoms with Gasteiger partial charge in [0.2, 0.25) is 10.0 Å². The molecule has 2 fully saturated rings. The van der Waals surface area contributed by atoms with Crippen molar-refractivity contribution in [2.24, 2.45) is 0 Å². The number of nitrogens with zero attached hydrogens (tertiary/aromatic N) is 1. The normalized spacial score (nSPS) is 19.4. The van der Waals surface area contributed by atoms with Gasteiger partial charge in [0, 0.05) is 36.4 Å². The van der Waals surface area contributed by atoms with Crippen molar-refractivity contribution in [3.63, 3.8) is 0 Å². The van der Waals surface area contributed by atoms with Crippen LogP contribution in [0.2, 0.25) is 0 Å². The van der Waals surface area contributed by atoms with Crippen LogP contribution in [0.3, 0.4) is 0 Å². The van der Waals surface area contributed by atoms with E-state index in [1.54, 1.807) is 18.2 Å². The maximum absolute atomic E-state index is 13.7. The Morgan fingerprint density at radius 1 is 1.03 bits per heavy atom. The summed E-state index contributed by atoms with van der Waals surface area (Å²) in [6.07, 6.45) is 7.01. The summed E-state index contributed by atoms with van der Waals surface area (Å²) in [6, 6.07) is 15.0. The predicted molar refractivity (Wildman–Crippen MR) is 158 cm³/mol. The number of aliphatic hydroxyl groups is 1. The van der Waals surface area contributed by atoms with Crippen LogP contribution in [0.4, 0.5) is 11.4 Å². The molecule has 1 aliphatic heterocycles. The van der Waals surface area contributed by atoms with E-state index in [9.17, 15) is 18.3 Å². The maximum Gasteiger partial charge on any atom is 0.251 e. The first-order valence-electron chi connectivity index (χ1n) is 14.4. The zero-order chi connectivity index (χ0) is 27.8. The van der Waals surface area contributed by atoms with Crippen molar-refractivity contribution in [1.82, 2.24) is 10.6 Å². The van der Waals surface area contributed by atoms with Crippen LogP contribution in [-0.2, 0) is 16.4 Å². The van der Waals surface area contributed by atoms with Crippen molar-refractivity contribution >= 4 is 27.3 Å². The molecule has 2 aliphatic rings. The quantitative estimate of drug-likeness (QED) is 0.332. The number of sulfonamides is 1. The lowest BCUT2D eigenvalue weighted by Gasteiger charge is -2.30. The summed E-state index contributed by atoms with van der Waals surface area (Å²) in [5.41, 5.74) is 2.56. The third-order valence-electron chi connectivity index (χ3n) is 7.57. The van der Waals surface area contributed by atoms with E-state index in [1.807, 2.05) is 44.2 Å². The third-order valence-corrected chi connectivity index (χ3v) is 9.44. The lowest BCUT2D eigenvalue weighted by molar-refractivity contribution is 0.0821. The SMILES string of the molecule is CC(C)Nc1cc(C(=O)N[C@@H](Cc2ccccc2)[C@H](O)CNC2CCCCC2)cc(N2CCCCS2(=O)=O)c1. The topological polar surface area (TPSA) is 111 Å². The van der Waals surface area contributed by atoms with Gasteiger partial charge in [-0.2, -0.15) is 0 Å². The van der Waals surface area contributed by atoms with Gasteiger partial charge in [0.1, 0.15) is 0 Å². The average Bonchev–Trinajstić information content (AvgIpc) is 2.91. The molecule has 8 nitrogen and oxygen atoms in total. The van der Waals surface area contributed by atoms with Crippen molar-refractivity contribution in [1.29, 1.82) is 0 Å². The van der Waals surface area contributed by atoms with Crippen LogP contribution in [0, 0.1) is 0 Å². The molecule has 2 aromatic carbocycles. The summed E-state index contributed by atoms with van der Waals surface area (Å²) in [5.74, 6) is -0.230. The number of carbonyl (C=O) groups excluding carboxylic acids is 1.